The first kappa shape index (κ1) is 23.5. The minimum atomic E-state index is -1.24. The summed E-state index contributed by atoms with van der Waals surface area (Å²) in [6.45, 7) is 4.10. The number of carbonyl (C=O) groups is 3. The molecule has 6 nitrogen and oxygen atoms in total. The number of amides is 3. The smallest absolute Gasteiger partial charge is 0.269 e. The van der Waals surface area contributed by atoms with E-state index in [2.05, 4.69) is 5.32 Å². The third-order valence-electron chi connectivity index (χ3n) is 6.55. The van der Waals surface area contributed by atoms with Crippen LogP contribution in [0.15, 0.2) is 66.7 Å². The molecule has 178 valence electrons. The zero-order valence-corrected chi connectivity index (χ0v) is 20.9. The molecule has 3 amide bonds. The van der Waals surface area contributed by atoms with E-state index < -0.39 is 4.87 Å². The molecule has 3 aromatic rings. The maximum atomic E-state index is 14.0. The summed E-state index contributed by atoms with van der Waals surface area (Å²) < 4.78 is 0. The average Bonchev–Trinajstić information content (AvgIpc) is 3.31. The molecule has 5 rings (SSSR count). The first-order valence-corrected chi connectivity index (χ1v) is 12.6. The first-order valence-electron chi connectivity index (χ1n) is 11.3. The quantitative estimate of drug-likeness (QED) is 0.552. The molecule has 1 N–H and O–H groups in total. The number of nitrogens with one attached hydrogen (secondary N) is 1. The zero-order valence-electron chi connectivity index (χ0n) is 19.4. The predicted octanol–water partition coefficient (Wildman–Crippen LogP) is 4.55. The molecule has 0 saturated carbocycles. The van der Waals surface area contributed by atoms with Crippen molar-refractivity contribution >= 4 is 52.5 Å². The Kier molecular flexibility index (Phi) is 6.07. The van der Waals surface area contributed by atoms with Crippen molar-refractivity contribution < 1.29 is 14.4 Å². The van der Waals surface area contributed by atoms with Gasteiger partial charge in [0.05, 0.1) is 11.4 Å². The highest BCUT2D eigenvalue weighted by Crippen LogP contribution is 2.55. The van der Waals surface area contributed by atoms with E-state index in [1.807, 2.05) is 74.5 Å². The number of para-hydroxylation sites is 1. The normalized spacial score (nSPS) is 18.9. The van der Waals surface area contributed by atoms with E-state index in [-0.39, 0.29) is 36.6 Å². The van der Waals surface area contributed by atoms with Gasteiger partial charge < -0.3 is 5.32 Å². The fraction of sp³-hybridized carbons (Fsp3) is 0.222. The molecule has 35 heavy (non-hydrogen) atoms. The summed E-state index contributed by atoms with van der Waals surface area (Å²) >= 11 is 7.51. The third-order valence-corrected chi connectivity index (χ3v) is 8.30. The molecule has 3 aromatic carbocycles. The number of carbonyl (C=O) groups excluding carboxylic acids is 3. The van der Waals surface area contributed by atoms with E-state index in [9.17, 15) is 14.4 Å². The highest BCUT2D eigenvalue weighted by Gasteiger charge is 2.61. The van der Waals surface area contributed by atoms with Crippen LogP contribution in [0, 0.1) is 13.8 Å². The van der Waals surface area contributed by atoms with Gasteiger partial charge in [-0.2, -0.15) is 0 Å². The van der Waals surface area contributed by atoms with Gasteiger partial charge in [0.15, 0.2) is 0 Å². The van der Waals surface area contributed by atoms with Crippen LogP contribution in [0.3, 0.4) is 0 Å². The molecule has 2 aliphatic heterocycles. The van der Waals surface area contributed by atoms with Crippen molar-refractivity contribution in [3.05, 3.63) is 94.0 Å². The zero-order chi connectivity index (χ0) is 24.7. The minimum Gasteiger partial charge on any atom is -0.350 e. The van der Waals surface area contributed by atoms with E-state index in [4.69, 9.17) is 11.6 Å². The SMILES string of the molecule is Cc1ccc(N2C(=O)CSC23C(=O)N(CC(=O)NCc2ccccc2Cl)c2ccccc23)cc1C. The lowest BCUT2D eigenvalue weighted by Gasteiger charge is -2.33. The number of nitrogens with zero attached hydrogens (tertiary/aromatic N) is 2. The van der Waals surface area contributed by atoms with Gasteiger partial charge in [-0.1, -0.05) is 54.1 Å². The fourth-order valence-corrected chi connectivity index (χ4v) is 6.17. The molecule has 1 saturated heterocycles. The van der Waals surface area contributed by atoms with Gasteiger partial charge in [-0.15, -0.1) is 11.8 Å². The summed E-state index contributed by atoms with van der Waals surface area (Å²) in [5, 5.41) is 3.43. The second-order valence-electron chi connectivity index (χ2n) is 8.71. The molecule has 2 aliphatic rings. The van der Waals surface area contributed by atoms with Gasteiger partial charge in [-0.05, 0) is 54.8 Å². The Labute approximate surface area is 213 Å². The Bertz CT molecular complexity index is 1360. The van der Waals surface area contributed by atoms with Crippen molar-refractivity contribution in [2.75, 3.05) is 22.1 Å². The number of rotatable bonds is 5. The van der Waals surface area contributed by atoms with Gasteiger partial charge in [-0.25, -0.2) is 0 Å². The largest absolute Gasteiger partial charge is 0.350 e. The summed E-state index contributed by atoms with van der Waals surface area (Å²) in [5.74, 6) is -0.552. The van der Waals surface area contributed by atoms with Crippen LogP contribution in [-0.2, 0) is 25.8 Å². The number of halogens is 1. The molecule has 2 heterocycles. The van der Waals surface area contributed by atoms with Gasteiger partial charge in [-0.3, -0.25) is 24.2 Å². The third kappa shape index (κ3) is 3.89. The van der Waals surface area contributed by atoms with Crippen molar-refractivity contribution in [1.82, 2.24) is 5.32 Å². The lowest BCUT2D eigenvalue weighted by atomic mass is 10.0. The van der Waals surface area contributed by atoms with Crippen molar-refractivity contribution in [2.24, 2.45) is 0 Å². The van der Waals surface area contributed by atoms with Crippen LogP contribution in [0.5, 0.6) is 0 Å². The van der Waals surface area contributed by atoms with Crippen molar-refractivity contribution in [3.8, 4) is 0 Å². The minimum absolute atomic E-state index is 0.133. The molecule has 8 heteroatoms. The Morgan fingerprint density at radius 3 is 2.54 bits per heavy atom. The van der Waals surface area contributed by atoms with E-state index in [0.717, 1.165) is 22.3 Å². The molecular formula is C27H24ClN3O3S. The number of thioether (sulfide) groups is 1. The number of anilines is 2. The van der Waals surface area contributed by atoms with Gasteiger partial charge in [0.25, 0.3) is 5.91 Å². The maximum Gasteiger partial charge on any atom is 0.269 e. The fourth-order valence-electron chi connectivity index (χ4n) is 4.61. The summed E-state index contributed by atoms with van der Waals surface area (Å²) in [4.78, 5) is 41.9. The topological polar surface area (TPSA) is 69.7 Å². The molecule has 1 fully saturated rings. The second kappa shape index (κ2) is 9.06. The summed E-state index contributed by atoms with van der Waals surface area (Å²) in [7, 11) is 0. The highest BCUT2D eigenvalue weighted by molar-refractivity contribution is 8.02. The Morgan fingerprint density at radius 1 is 1.03 bits per heavy atom. The van der Waals surface area contributed by atoms with Crippen LogP contribution in [0.4, 0.5) is 11.4 Å². The molecule has 0 bridgehead atoms. The van der Waals surface area contributed by atoms with Gasteiger partial charge in [0, 0.05) is 22.8 Å². The standard InChI is InChI=1S/C27H24ClN3O3S/c1-17-11-12-20(13-18(17)2)31-25(33)16-35-27(31)21-8-4-6-10-23(21)30(26(27)34)15-24(32)29-14-19-7-3-5-9-22(19)28/h3-13H,14-16H2,1-2H3,(H,29,32). The van der Waals surface area contributed by atoms with E-state index in [1.54, 1.807) is 11.0 Å². The average molecular weight is 506 g/mol. The van der Waals surface area contributed by atoms with E-state index >= 15 is 0 Å². The van der Waals surface area contributed by atoms with Crippen molar-refractivity contribution in [2.45, 2.75) is 25.3 Å². The lowest BCUT2D eigenvalue weighted by molar-refractivity contribution is -0.125. The van der Waals surface area contributed by atoms with Crippen molar-refractivity contribution in [1.29, 1.82) is 0 Å². The molecule has 1 atom stereocenters. The number of aryl methyl sites for hydroxylation is 2. The Balaban J connectivity index is 1.47. The van der Waals surface area contributed by atoms with Crippen LogP contribution in [0.2, 0.25) is 5.02 Å². The number of hydrogen-bond acceptors (Lipinski definition) is 4. The van der Waals surface area contributed by atoms with Gasteiger partial charge in [0.1, 0.15) is 6.54 Å². The number of benzene rings is 3. The maximum absolute atomic E-state index is 14.0. The Morgan fingerprint density at radius 2 is 1.77 bits per heavy atom. The summed E-state index contributed by atoms with van der Waals surface area (Å²) in [5.41, 5.74) is 4.98. The van der Waals surface area contributed by atoms with Crippen LogP contribution in [0.1, 0.15) is 22.3 Å². The van der Waals surface area contributed by atoms with Crippen LogP contribution >= 0.6 is 23.4 Å². The van der Waals surface area contributed by atoms with Crippen molar-refractivity contribution in [3.63, 3.8) is 0 Å². The lowest BCUT2D eigenvalue weighted by Crippen LogP contribution is -2.51. The van der Waals surface area contributed by atoms with Crippen LogP contribution < -0.4 is 15.1 Å². The Hall–Kier alpha value is -3.29. The summed E-state index contributed by atoms with van der Waals surface area (Å²) in [6, 6.07) is 20.5. The molecule has 1 spiro atoms. The predicted molar refractivity (Wildman–Crippen MR) is 140 cm³/mol. The number of fused-ring (bicyclic) bond motifs is 2. The molecular weight excluding hydrogens is 482 g/mol. The highest BCUT2D eigenvalue weighted by atomic mass is 35.5. The van der Waals surface area contributed by atoms with E-state index in [0.29, 0.717) is 16.4 Å². The van der Waals surface area contributed by atoms with Gasteiger partial charge >= 0.3 is 0 Å². The first-order chi connectivity index (χ1) is 16.8. The van der Waals surface area contributed by atoms with Gasteiger partial charge in [0.2, 0.25) is 16.7 Å². The molecule has 0 aromatic heterocycles. The molecule has 1 unspecified atom stereocenters. The molecule has 0 radical (unpaired) electrons. The van der Waals surface area contributed by atoms with E-state index in [1.165, 1.54) is 16.7 Å². The summed E-state index contributed by atoms with van der Waals surface area (Å²) in [6.07, 6.45) is 0. The number of hydrogen-bond donors (Lipinski definition) is 1. The monoisotopic (exact) mass is 505 g/mol. The van der Waals surface area contributed by atoms with Crippen LogP contribution in [0.25, 0.3) is 0 Å². The molecule has 0 aliphatic carbocycles. The second-order valence-corrected chi connectivity index (χ2v) is 10.3. The van der Waals surface area contributed by atoms with Crippen LogP contribution in [-0.4, -0.2) is 30.0 Å².